The molecular weight excluding hydrogens is 202 g/mol. The van der Waals surface area contributed by atoms with Crippen molar-refractivity contribution < 1.29 is 0 Å². The Hall–Kier alpha value is -1.62. The summed E-state index contributed by atoms with van der Waals surface area (Å²) in [5.41, 5.74) is 7.74. The van der Waals surface area contributed by atoms with E-state index in [2.05, 4.69) is 15.4 Å². The third kappa shape index (κ3) is 1.63. The summed E-state index contributed by atoms with van der Waals surface area (Å²) in [4.78, 5) is 4.24. The Kier molecular flexibility index (Phi) is 2.25. The summed E-state index contributed by atoms with van der Waals surface area (Å²) in [6.07, 6.45) is 3.96. The molecule has 5 nitrogen and oxygen atoms in total. The minimum absolute atomic E-state index is 0.640. The zero-order chi connectivity index (χ0) is 11.0. The van der Waals surface area contributed by atoms with Gasteiger partial charge in [0.1, 0.15) is 5.82 Å². The maximum Gasteiger partial charge on any atom is 0.157 e. The second-order valence-electron chi connectivity index (χ2n) is 4.34. The van der Waals surface area contributed by atoms with Crippen LogP contribution in [0.3, 0.4) is 0 Å². The fourth-order valence-corrected chi connectivity index (χ4v) is 2.25. The summed E-state index contributed by atoms with van der Waals surface area (Å²) in [6, 6.07) is 3.79. The molecule has 0 bridgehead atoms. The Bertz CT molecular complexity index is 498. The SMILES string of the molecule is Nc1ccnc2cc(CC3CCNC3)nn12. The first kappa shape index (κ1) is 9.59. The molecule has 0 aliphatic carbocycles. The van der Waals surface area contributed by atoms with Crippen LogP contribution in [0.1, 0.15) is 12.1 Å². The quantitative estimate of drug-likeness (QED) is 0.767. The second kappa shape index (κ2) is 3.75. The van der Waals surface area contributed by atoms with Crippen LogP contribution in [0.4, 0.5) is 5.82 Å². The molecule has 2 aromatic heterocycles. The molecule has 1 aliphatic heterocycles. The van der Waals surface area contributed by atoms with Crippen LogP contribution in [-0.2, 0) is 6.42 Å². The summed E-state index contributed by atoms with van der Waals surface area (Å²) < 4.78 is 1.71. The highest BCUT2D eigenvalue weighted by Gasteiger charge is 2.16. The smallest absolute Gasteiger partial charge is 0.157 e. The minimum atomic E-state index is 0.640. The van der Waals surface area contributed by atoms with Crippen LogP contribution in [0, 0.1) is 5.92 Å². The molecule has 3 rings (SSSR count). The second-order valence-corrected chi connectivity index (χ2v) is 4.34. The van der Waals surface area contributed by atoms with Crippen molar-refractivity contribution in [3.8, 4) is 0 Å². The average Bonchev–Trinajstić information content (AvgIpc) is 2.88. The largest absolute Gasteiger partial charge is 0.384 e. The van der Waals surface area contributed by atoms with Gasteiger partial charge in [-0.05, 0) is 37.9 Å². The lowest BCUT2D eigenvalue weighted by Gasteiger charge is -2.03. The molecule has 0 aromatic carbocycles. The van der Waals surface area contributed by atoms with E-state index in [1.54, 1.807) is 16.8 Å². The van der Waals surface area contributed by atoms with E-state index in [1.807, 2.05) is 6.07 Å². The van der Waals surface area contributed by atoms with Crippen molar-refractivity contribution in [2.24, 2.45) is 5.92 Å². The first-order chi connectivity index (χ1) is 7.83. The number of nitrogens with one attached hydrogen (secondary N) is 1. The van der Waals surface area contributed by atoms with Crippen LogP contribution in [-0.4, -0.2) is 27.7 Å². The van der Waals surface area contributed by atoms with Crippen molar-refractivity contribution in [3.63, 3.8) is 0 Å². The lowest BCUT2D eigenvalue weighted by atomic mass is 10.0. The molecule has 1 unspecified atom stereocenters. The molecule has 1 aliphatic rings. The highest BCUT2D eigenvalue weighted by atomic mass is 15.3. The number of aromatic nitrogens is 3. The number of nitrogen functional groups attached to an aromatic ring is 1. The average molecular weight is 217 g/mol. The molecule has 0 amide bonds. The Morgan fingerprint density at radius 1 is 1.56 bits per heavy atom. The van der Waals surface area contributed by atoms with E-state index in [-0.39, 0.29) is 0 Å². The Morgan fingerprint density at radius 2 is 2.50 bits per heavy atom. The number of fused-ring (bicyclic) bond motifs is 1. The number of nitrogens with zero attached hydrogens (tertiary/aromatic N) is 3. The maximum absolute atomic E-state index is 5.83. The van der Waals surface area contributed by atoms with Gasteiger partial charge in [0.15, 0.2) is 5.65 Å². The summed E-state index contributed by atoms with van der Waals surface area (Å²) in [5, 5.41) is 7.84. The van der Waals surface area contributed by atoms with E-state index in [4.69, 9.17) is 5.73 Å². The van der Waals surface area contributed by atoms with Crippen LogP contribution in [0.15, 0.2) is 18.3 Å². The van der Waals surface area contributed by atoms with Crippen molar-refractivity contribution >= 4 is 11.5 Å². The topological polar surface area (TPSA) is 68.2 Å². The molecule has 84 valence electrons. The number of nitrogens with two attached hydrogens (primary N) is 1. The van der Waals surface area contributed by atoms with Gasteiger partial charge < -0.3 is 11.1 Å². The molecule has 5 heteroatoms. The predicted octanol–water partition coefficient (Wildman–Crippen LogP) is 0.463. The zero-order valence-corrected chi connectivity index (χ0v) is 9.06. The summed E-state index contributed by atoms with van der Waals surface area (Å²) in [7, 11) is 0. The van der Waals surface area contributed by atoms with Crippen LogP contribution in [0.5, 0.6) is 0 Å². The van der Waals surface area contributed by atoms with Gasteiger partial charge in [0, 0.05) is 12.3 Å². The molecule has 16 heavy (non-hydrogen) atoms. The fourth-order valence-electron chi connectivity index (χ4n) is 2.25. The molecule has 3 heterocycles. The van der Waals surface area contributed by atoms with E-state index >= 15 is 0 Å². The summed E-state index contributed by atoms with van der Waals surface area (Å²) in [6.45, 7) is 2.22. The van der Waals surface area contributed by atoms with Gasteiger partial charge in [-0.15, -0.1) is 0 Å². The van der Waals surface area contributed by atoms with E-state index in [0.717, 1.165) is 30.9 Å². The molecule has 0 saturated carbocycles. The number of anilines is 1. The Balaban J connectivity index is 1.90. The molecule has 1 saturated heterocycles. The first-order valence-electron chi connectivity index (χ1n) is 5.63. The van der Waals surface area contributed by atoms with Gasteiger partial charge in [-0.1, -0.05) is 0 Å². The number of hydrogen-bond acceptors (Lipinski definition) is 4. The van der Waals surface area contributed by atoms with Gasteiger partial charge in [-0.3, -0.25) is 0 Å². The van der Waals surface area contributed by atoms with Gasteiger partial charge in [0.05, 0.1) is 5.69 Å². The molecular formula is C11H15N5. The van der Waals surface area contributed by atoms with Gasteiger partial charge >= 0.3 is 0 Å². The third-order valence-electron chi connectivity index (χ3n) is 3.10. The van der Waals surface area contributed by atoms with Crippen molar-refractivity contribution in [1.29, 1.82) is 0 Å². The predicted molar refractivity (Wildman–Crippen MR) is 62.1 cm³/mol. The highest BCUT2D eigenvalue weighted by molar-refractivity contribution is 5.46. The standard InChI is InChI=1S/C11H15N5/c12-10-2-4-14-11-6-9(15-16(10)11)5-8-1-3-13-7-8/h2,4,6,8,13H,1,3,5,7,12H2. The summed E-state index contributed by atoms with van der Waals surface area (Å²) >= 11 is 0. The normalized spacial score (nSPS) is 20.6. The van der Waals surface area contributed by atoms with Gasteiger partial charge in [-0.25, -0.2) is 4.98 Å². The van der Waals surface area contributed by atoms with Crippen LogP contribution in [0.2, 0.25) is 0 Å². The maximum atomic E-state index is 5.83. The van der Waals surface area contributed by atoms with Crippen LogP contribution < -0.4 is 11.1 Å². The monoisotopic (exact) mass is 217 g/mol. The third-order valence-corrected chi connectivity index (χ3v) is 3.10. The van der Waals surface area contributed by atoms with Gasteiger partial charge in [-0.2, -0.15) is 9.61 Å². The van der Waals surface area contributed by atoms with Crippen molar-refractivity contribution in [2.75, 3.05) is 18.8 Å². The molecule has 0 spiro atoms. The fraction of sp³-hybridized carbons (Fsp3) is 0.455. The van der Waals surface area contributed by atoms with E-state index in [9.17, 15) is 0 Å². The van der Waals surface area contributed by atoms with Crippen LogP contribution in [0.25, 0.3) is 5.65 Å². The molecule has 3 N–H and O–H groups in total. The van der Waals surface area contributed by atoms with Crippen molar-refractivity contribution in [1.82, 2.24) is 19.9 Å². The first-order valence-corrected chi connectivity index (χ1v) is 5.63. The van der Waals surface area contributed by atoms with Gasteiger partial charge in [0.2, 0.25) is 0 Å². The number of rotatable bonds is 2. The lowest BCUT2D eigenvalue weighted by molar-refractivity contribution is 0.569. The lowest BCUT2D eigenvalue weighted by Crippen LogP contribution is -2.11. The van der Waals surface area contributed by atoms with Crippen LogP contribution >= 0.6 is 0 Å². The summed E-state index contributed by atoms with van der Waals surface area (Å²) in [5.74, 6) is 1.34. The van der Waals surface area contributed by atoms with Gasteiger partial charge in [0.25, 0.3) is 0 Å². The van der Waals surface area contributed by atoms with E-state index in [0.29, 0.717) is 11.7 Å². The molecule has 2 aromatic rings. The van der Waals surface area contributed by atoms with Crippen molar-refractivity contribution in [3.05, 3.63) is 24.0 Å². The molecule has 1 atom stereocenters. The number of hydrogen-bond donors (Lipinski definition) is 2. The Labute approximate surface area is 93.7 Å². The van der Waals surface area contributed by atoms with E-state index < -0.39 is 0 Å². The van der Waals surface area contributed by atoms with Crippen molar-refractivity contribution in [2.45, 2.75) is 12.8 Å². The highest BCUT2D eigenvalue weighted by Crippen LogP contribution is 2.16. The molecule has 0 radical (unpaired) electrons. The molecule has 1 fully saturated rings. The Morgan fingerprint density at radius 3 is 3.25 bits per heavy atom. The zero-order valence-electron chi connectivity index (χ0n) is 9.06. The minimum Gasteiger partial charge on any atom is -0.384 e. The van der Waals surface area contributed by atoms with E-state index in [1.165, 1.54) is 6.42 Å².